The maximum atomic E-state index is 5.91. The average molecular weight is 241 g/mol. The minimum atomic E-state index is 0.570. The van der Waals surface area contributed by atoms with Crippen molar-refractivity contribution in [2.75, 3.05) is 18.0 Å². The van der Waals surface area contributed by atoms with Crippen molar-refractivity contribution in [1.29, 1.82) is 0 Å². The second-order valence-corrected chi connectivity index (χ2v) is 4.43. The molecule has 0 saturated carbocycles. The first-order chi connectivity index (χ1) is 7.71. The summed E-state index contributed by atoms with van der Waals surface area (Å²) in [6, 6.07) is 5.80. The van der Waals surface area contributed by atoms with Crippen LogP contribution in [0.5, 0.6) is 0 Å². The van der Waals surface area contributed by atoms with Gasteiger partial charge in [-0.05, 0) is 25.0 Å². The highest BCUT2D eigenvalue weighted by Gasteiger charge is 2.11. The van der Waals surface area contributed by atoms with E-state index in [1.54, 1.807) is 0 Å². The third-order valence-corrected chi connectivity index (χ3v) is 3.25. The number of anilines is 1. The standard InChI is InChI=1S/C13H21ClN2/c1-4-11(5-2)10-16(6-3)13-9-7-8-12(14)15-13/h7-9,11H,4-6,10H2,1-3H3. The fourth-order valence-corrected chi connectivity index (χ4v) is 1.98. The molecule has 16 heavy (non-hydrogen) atoms. The van der Waals surface area contributed by atoms with Crippen LogP contribution in [-0.4, -0.2) is 18.1 Å². The number of hydrogen-bond donors (Lipinski definition) is 0. The number of pyridine rings is 1. The van der Waals surface area contributed by atoms with Gasteiger partial charge in [0.05, 0.1) is 0 Å². The predicted octanol–water partition coefficient (Wildman–Crippen LogP) is 4.00. The van der Waals surface area contributed by atoms with Gasteiger partial charge in [-0.1, -0.05) is 44.4 Å². The van der Waals surface area contributed by atoms with Gasteiger partial charge in [0.25, 0.3) is 0 Å². The Morgan fingerprint density at radius 1 is 1.25 bits per heavy atom. The molecule has 0 atom stereocenters. The first kappa shape index (κ1) is 13.3. The third kappa shape index (κ3) is 3.67. The third-order valence-electron chi connectivity index (χ3n) is 3.04. The van der Waals surface area contributed by atoms with Crippen LogP contribution in [0.3, 0.4) is 0 Å². The summed E-state index contributed by atoms with van der Waals surface area (Å²) in [6.45, 7) is 8.69. The molecule has 0 aliphatic rings. The van der Waals surface area contributed by atoms with Crippen LogP contribution in [0.15, 0.2) is 18.2 Å². The fraction of sp³-hybridized carbons (Fsp3) is 0.615. The van der Waals surface area contributed by atoms with Crippen molar-refractivity contribution < 1.29 is 0 Å². The second kappa shape index (κ2) is 6.74. The van der Waals surface area contributed by atoms with Crippen molar-refractivity contribution in [2.45, 2.75) is 33.6 Å². The second-order valence-electron chi connectivity index (χ2n) is 4.04. The van der Waals surface area contributed by atoms with Crippen molar-refractivity contribution in [3.63, 3.8) is 0 Å². The van der Waals surface area contributed by atoms with Gasteiger partial charge in [0.15, 0.2) is 0 Å². The summed E-state index contributed by atoms with van der Waals surface area (Å²) in [5.74, 6) is 1.72. The summed E-state index contributed by atoms with van der Waals surface area (Å²) in [5, 5.41) is 0.570. The van der Waals surface area contributed by atoms with Gasteiger partial charge in [0, 0.05) is 13.1 Å². The lowest BCUT2D eigenvalue weighted by atomic mass is 10.0. The minimum Gasteiger partial charge on any atom is -0.357 e. The first-order valence-electron chi connectivity index (χ1n) is 6.08. The largest absolute Gasteiger partial charge is 0.357 e. The molecule has 0 unspecified atom stereocenters. The van der Waals surface area contributed by atoms with Crippen LogP contribution in [0.1, 0.15) is 33.6 Å². The molecule has 0 N–H and O–H groups in total. The zero-order chi connectivity index (χ0) is 12.0. The molecule has 0 amide bonds. The Bertz CT molecular complexity index is 311. The van der Waals surface area contributed by atoms with Crippen LogP contribution in [0.2, 0.25) is 5.15 Å². The van der Waals surface area contributed by atoms with E-state index < -0.39 is 0 Å². The summed E-state index contributed by atoms with van der Waals surface area (Å²) < 4.78 is 0. The summed E-state index contributed by atoms with van der Waals surface area (Å²) in [7, 11) is 0. The molecule has 90 valence electrons. The maximum absolute atomic E-state index is 5.91. The molecule has 1 rings (SSSR count). The lowest BCUT2D eigenvalue weighted by Crippen LogP contribution is -2.29. The van der Waals surface area contributed by atoms with Gasteiger partial charge >= 0.3 is 0 Å². The lowest BCUT2D eigenvalue weighted by Gasteiger charge is -2.26. The zero-order valence-electron chi connectivity index (χ0n) is 10.4. The van der Waals surface area contributed by atoms with E-state index in [1.807, 2.05) is 18.2 Å². The molecule has 0 aromatic carbocycles. The van der Waals surface area contributed by atoms with Crippen LogP contribution >= 0.6 is 11.6 Å². The van der Waals surface area contributed by atoms with E-state index in [0.29, 0.717) is 5.15 Å². The van der Waals surface area contributed by atoms with Gasteiger partial charge in [0.2, 0.25) is 0 Å². The number of rotatable bonds is 6. The van der Waals surface area contributed by atoms with Gasteiger partial charge < -0.3 is 4.90 Å². The summed E-state index contributed by atoms with van der Waals surface area (Å²) in [5.41, 5.74) is 0. The Morgan fingerprint density at radius 3 is 2.44 bits per heavy atom. The van der Waals surface area contributed by atoms with Gasteiger partial charge in [-0.25, -0.2) is 4.98 Å². The van der Waals surface area contributed by atoms with Crippen LogP contribution in [0, 0.1) is 5.92 Å². The molecule has 1 aromatic heterocycles. The summed E-state index contributed by atoms with van der Waals surface area (Å²) in [6.07, 6.45) is 2.43. The zero-order valence-corrected chi connectivity index (χ0v) is 11.2. The van der Waals surface area contributed by atoms with Gasteiger partial charge in [-0.15, -0.1) is 0 Å². The SMILES string of the molecule is CCC(CC)CN(CC)c1cccc(Cl)n1. The van der Waals surface area contributed by atoms with Crippen molar-refractivity contribution in [2.24, 2.45) is 5.92 Å². The molecule has 0 spiro atoms. The fourth-order valence-electron chi connectivity index (χ4n) is 1.82. The summed E-state index contributed by atoms with van der Waals surface area (Å²) >= 11 is 5.91. The van der Waals surface area contributed by atoms with E-state index in [0.717, 1.165) is 24.8 Å². The quantitative estimate of drug-likeness (QED) is 0.699. The van der Waals surface area contributed by atoms with Crippen molar-refractivity contribution in [3.8, 4) is 0 Å². The monoisotopic (exact) mass is 240 g/mol. The molecule has 0 fully saturated rings. The molecular weight excluding hydrogens is 220 g/mol. The molecule has 0 radical (unpaired) electrons. The molecule has 0 aliphatic heterocycles. The topological polar surface area (TPSA) is 16.1 Å². The van der Waals surface area contributed by atoms with Crippen molar-refractivity contribution in [3.05, 3.63) is 23.4 Å². The lowest BCUT2D eigenvalue weighted by molar-refractivity contribution is 0.484. The van der Waals surface area contributed by atoms with E-state index in [1.165, 1.54) is 12.8 Å². The number of halogens is 1. The van der Waals surface area contributed by atoms with E-state index in [4.69, 9.17) is 11.6 Å². The summed E-state index contributed by atoms with van der Waals surface area (Å²) in [4.78, 5) is 6.65. The maximum Gasteiger partial charge on any atom is 0.131 e. The van der Waals surface area contributed by atoms with Crippen molar-refractivity contribution >= 4 is 17.4 Å². The van der Waals surface area contributed by atoms with Gasteiger partial charge in [-0.2, -0.15) is 0 Å². The van der Waals surface area contributed by atoms with Crippen LogP contribution in [0.25, 0.3) is 0 Å². The van der Waals surface area contributed by atoms with E-state index in [-0.39, 0.29) is 0 Å². The number of nitrogens with zero attached hydrogens (tertiary/aromatic N) is 2. The van der Waals surface area contributed by atoms with E-state index >= 15 is 0 Å². The highest BCUT2D eigenvalue weighted by Crippen LogP contribution is 2.18. The highest BCUT2D eigenvalue weighted by molar-refractivity contribution is 6.29. The van der Waals surface area contributed by atoms with Crippen molar-refractivity contribution in [1.82, 2.24) is 4.98 Å². The molecule has 0 bridgehead atoms. The minimum absolute atomic E-state index is 0.570. The van der Waals surface area contributed by atoms with E-state index in [9.17, 15) is 0 Å². The Balaban J connectivity index is 2.74. The molecule has 0 saturated heterocycles. The van der Waals surface area contributed by atoms with E-state index in [2.05, 4.69) is 30.7 Å². The Kier molecular flexibility index (Phi) is 5.61. The Labute approximate surface area is 104 Å². The smallest absolute Gasteiger partial charge is 0.131 e. The molecular formula is C13H21ClN2. The number of aromatic nitrogens is 1. The van der Waals surface area contributed by atoms with Crippen LogP contribution in [0.4, 0.5) is 5.82 Å². The van der Waals surface area contributed by atoms with Crippen LogP contribution < -0.4 is 4.90 Å². The number of hydrogen-bond acceptors (Lipinski definition) is 2. The predicted molar refractivity (Wildman–Crippen MR) is 71.2 cm³/mol. The normalized spacial score (nSPS) is 10.8. The van der Waals surface area contributed by atoms with Crippen LogP contribution in [-0.2, 0) is 0 Å². The van der Waals surface area contributed by atoms with Gasteiger partial charge in [0.1, 0.15) is 11.0 Å². The molecule has 0 aliphatic carbocycles. The Morgan fingerprint density at radius 2 is 1.94 bits per heavy atom. The first-order valence-corrected chi connectivity index (χ1v) is 6.46. The molecule has 3 heteroatoms. The average Bonchev–Trinajstić information content (AvgIpc) is 2.31. The molecule has 1 heterocycles. The highest BCUT2D eigenvalue weighted by atomic mass is 35.5. The van der Waals surface area contributed by atoms with Gasteiger partial charge in [-0.3, -0.25) is 0 Å². The Hall–Kier alpha value is -0.760. The molecule has 1 aromatic rings. The molecule has 2 nitrogen and oxygen atoms in total.